The molecule has 1 heterocycles. The number of methoxy groups -OCH3 is 1. The highest BCUT2D eigenvalue weighted by Crippen LogP contribution is 2.32. The zero-order chi connectivity index (χ0) is 19.1. The second-order valence-corrected chi connectivity index (χ2v) is 6.94. The van der Waals surface area contributed by atoms with Crippen LogP contribution in [0.5, 0.6) is 11.5 Å². The number of carbonyl (C=O) groups excluding carboxylic acids is 1. The molecule has 1 amide bonds. The number of ether oxygens (including phenoxy) is 2. The molecule has 5 heteroatoms. The van der Waals surface area contributed by atoms with Crippen molar-refractivity contribution in [2.24, 2.45) is 11.7 Å². The van der Waals surface area contributed by atoms with Crippen LogP contribution in [0.3, 0.4) is 0 Å². The van der Waals surface area contributed by atoms with E-state index < -0.39 is 0 Å². The van der Waals surface area contributed by atoms with Crippen LogP contribution < -0.4 is 15.2 Å². The molecule has 0 bridgehead atoms. The first kappa shape index (κ1) is 19.2. The van der Waals surface area contributed by atoms with E-state index in [2.05, 4.69) is 12.1 Å². The lowest BCUT2D eigenvalue weighted by atomic mass is 9.89. The third-order valence-electron chi connectivity index (χ3n) is 5.19. The van der Waals surface area contributed by atoms with Crippen LogP contribution in [0.25, 0.3) is 0 Å². The SMILES string of the molecule is COc1ccc(OCCCC(=O)N2C[C@@H](CN)[C@H](c3ccccc3)C2)cc1. The molecule has 1 aliphatic rings. The van der Waals surface area contributed by atoms with Gasteiger partial charge >= 0.3 is 0 Å². The van der Waals surface area contributed by atoms with Gasteiger partial charge in [0.05, 0.1) is 13.7 Å². The summed E-state index contributed by atoms with van der Waals surface area (Å²) in [6.45, 7) is 2.62. The summed E-state index contributed by atoms with van der Waals surface area (Å²) in [6.07, 6.45) is 1.19. The van der Waals surface area contributed by atoms with Gasteiger partial charge in [-0.15, -0.1) is 0 Å². The lowest BCUT2D eigenvalue weighted by Gasteiger charge is -2.17. The maximum Gasteiger partial charge on any atom is 0.222 e. The molecule has 2 atom stereocenters. The molecule has 144 valence electrons. The zero-order valence-corrected chi connectivity index (χ0v) is 15.8. The molecule has 5 nitrogen and oxygen atoms in total. The number of hydrogen-bond acceptors (Lipinski definition) is 4. The lowest BCUT2D eigenvalue weighted by molar-refractivity contribution is -0.130. The van der Waals surface area contributed by atoms with Gasteiger partial charge in [-0.25, -0.2) is 0 Å². The van der Waals surface area contributed by atoms with Gasteiger partial charge in [-0.05, 0) is 48.7 Å². The Labute approximate surface area is 161 Å². The Morgan fingerprint density at radius 3 is 2.44 bits per heavy atom. The summed E-state index contributed by atoms with van der Waals surface area (Å²) in [5.41, 5.74) is 7.23. The second kappa shape index (κ2) is 9.42. The number of benzene rings is 2. The highest BCUT2D eigenvalue weighted by atomic mass is 16.5. The fourth-order valence-electron chi connectivity index (χ4n) is 3.64. The van der Waals surface area contributed by atoms with Gasteiger partial charge in [0.15, 0.2) is 0 Å². The standard InChI is InChI=1S/C22H28N2O3/c1-26-19-9-11-20(12-10-19)27-13-5-8-22(25)24-15-18(14-23)21(16-24)17-6-3-2-4-7-17/h2-4,6-7,9-12,18,21H,5,8,13-16,23H2,1H3/t18-,21+/m1/s1. The van der Waals surface area contributed by atoms with E-state index in [9.17, 15) is 4.79 Å². The van der Waals surface area contributed by atoms with Crippen molar-refractivity contribution in [1.82, 2.24) is 4.90 Å². The molecule has 1 saturated heterocycles. The average Bonchev–Trinajstić information content (AvgIpc) is 3.17. The maximum atomic E-state index is 12.6. The first-order valence-electron chi connectivity index (χ1n) is 9.51. The Kier molecular flexibility index (Phi) is 6.71. The largest absolute Gasteiger partial charge is 0.497 e. The molecule has 0 radical (unpaired) electrons. The Bertz CT molecular complexity index is 718. The van der Waals surface area contributed by atoms with Crippen molar-refractivity contribution in [3.63, 3.8) is 0 Å². The summed E-state index contributed by atoms with van der Waals surface area (Å²) >= 11 is 0. The van der Waals surface area contributed by atoms with Gasteiger partial charge in [0.2, 0.25) is 5.91 Å². The van der Waals surface area contributed by atoms with Crippen LogP contribution in [0.2, 0.25) is 0 Å². The van der Waals surface area contributed by atoms with E-state index in [1.54, 1.807) is 7.11 Å². The van der Waals surface area contributed by atoms with Crippen LogP contribution in [-0.4, -0.2) is 44.2 Å². The maximum absolute atomic E-state index is 12.6. The predicted octanol–water partition coefficient (Wildman–Crippen LogP) is 3.06. The van der Waals surface area contributed by atoms with Crippen LogP contribution in [0.15, 0.2) is 54.6 Å². The number of hydrogen-bond donors (Lipinski definition) is 1. The Morgan fingerprint density at radius 1 is 1.07 bits per heavy atom. The van der Waals surface area contributed by atoms with E-state index >= 15 is 0 Å². The minimum atomic E-state index is 0.185. The van der Waals surface area contributed by atoms with Gasteiger partial charge < -0.3 is 20.1 Å². The molecule has 1 fully saturated rings. The first-order valence-corrected chi connectivity index (χ1v) is 9.51. The summed E-state index contributed by atoms with van der Waals surface area (Å²) in [5, 5.41) is 0. The second-order valence-electron chi connectivity index (χ2n) is 6.94. The molecule has 3 rings (SSSR count). The molecule has 0 spiro atoms. The van der Waals surface area contributed by atoms with Crippen LogP contribution >= 0.6 is 0 Å². The smallest absolute Gasteiger partial charge is 0.222 e. The van der Waals surface area contributed by atoms with Gasteiger partial charge in [0.1, 0.15) is 11.5 Å². The molecule has 2 aromatic rings. The molecule has 2 aromatic carbocycles. The van der Waals surface area contributed by atoms with E-state index in [1.807, 2.05) is 47.4 Å². The predicted molar refractivity (Wildman–Crippen MR) is 106 cm³/mol. The Morgan fingerprint density at radius 2 is 1.78 bits per heavy atom. The molecule has 27 heavy (non-hydrogen) atoms. The minimum Gasteiger partial charge on any atom is -0.497 e. The number of nitrogens with zero attached hydrogens (tertiary/aromatic N) is 1. The monoisotopic (exact) mass is 368 g/mol. The summed E-state index contributed by atoms with van der Waals surface area (Å²) in [6, 6.07) is 17.8. The van der Waals surface area contributed by atoms with E-state index in [0.717, 1.165) is 24.6 Å². The summed E-state index contributed by atoms with van der Waals surface area (Å²) < 4.78 is 10.8. The molecule has 0 unspecified atom stereocenters. The van der Waals surface area contributed by atoms with Crippen molar-refractivity contribution in [3.8, 4) is 11.5 Å². The van der Waals surface area contributed by atoms with Crippen LogP contribution in [0.4, 0.5) is 0 Å². The topological polar surface area (TPSA) is 64.8 Å². The van der Waals surface area contributed by atoms with Crippen molar-refractivity contribution < 1.29 is 14.3 Å². The Balaban J connectivity index is 1.45. The molecule has 0 saturated carbocycles. The highest BCUT2D eigenvalue weighted by Gasteiger charge is 2.34. The summed E-state index contributed by atoms with van der Waals surface area (Å²) in [7, 11) is 1.64. The van der Waals surface area contributed by atoms with Gasteiger partial charge in [0, 0.05) is 25.4 Å². The van der Waals surface area contributed by atoms with Gasteiger partial charge in [-0.1, -0.05) is 30.3 Å². The first-order chi connectivity index (χ1) is 13.2. The number of amides is 1. The normalized spacial score (nSPS) is 19.1. The third kappa shape index (κ3) is 5.01. The van der Waals surface area contributed by atoms with E-state index in [-0.39, 0.29) is 5.91 Å². The van der Waals surface area contributed by atoms with Crippen LogP contribution in [0, 0.1) is 5.92 Å². The quantitative estimate of drug-likeness (QED) is 0.728. The van der Waals surface area contributed by atoms with E-state index in [0.29, 0.717) is 37.8 Å². The molecule has 0 aliphatic carbocycles. The fraction of sp³-hybridized carbons (Fsp3) is 0.409. The highest BCUT2D eigenvalue weighted by molar-refractivity contribution is 5.76. The molecular weight excluding hydrogens is 340 g/mol. The Hall–Kier alpha value is -2.53. The number of carbonyl (C=O) groups is 1. The fourth-order valence-corrected chi connectivity index (χ4v) is 3.64. The van der Waals surface area contributed by atoms with Crippen molar-refractivity contribution in [2.45, 2.75) is 18.8 Å². The third-order valence-corrected chi connectivity index (χ3v) is 5.19. The van der Waals surface area contributed by atoms with E-state index in [1.165, 1.54) is 5.56 Å². The van der Waals surface area contributed by atoms with Crippen molar-refractivity contribution in [1.29, 1.82) is 0 Å². The summed E-state index contributed by atoms with van der Waals surface area (Å²) in [5.74, 6) is 2.43. The number of rotatable bonds is 8. The molecule has 0 aromatic heterocycles. The van der Waals surface area contributed by atoms with E-state index in [4.69, 9.17) is 15.2 Å². The molecule has 2 N–H and O–H groups in total. The number of likely N-dealkylation sites (tertiary alicyclic amines) is 1. The molecule has 1 aliphatic heterocycles. The molecular formula is C22H28N2O3. The average molecular weight is 368 g/mol. The lowest BCUT2D eigenvalue weighted by Crippen LogP contribution is -2.29. The minimum absolute atomic E-state index is 0.185. The van der Waals surface area contributed by atoms with Crippen LogP contribution in [0.1, 0.15) is 24.3 Å². The van der Waals surface area contributed by atoms with Crippen molar-refractivity contribution in [3.05, 3.63) is 60.2 Å². The zero-order valence-electron chi connectivity index (χ0n) is 15.8. The van der Waals surface area contributed by atoms with Crippen molar-refractivity contribution in [2.75, 3.05) is 33.4 Å². The number of nitrogens with two attached hydrogens (primary N) is 1. The van der Waals surface area contributed by atoms with Crippen LogP contribution in [-0.2, 0) is 4.79 Å². The van der Waals surface area contributed by atoms with Gasteiger partial charge in [-0.2, -0.15) is 0 Å². The van der Waals surface area contributed by atoms with Gasteiger partial charge in [0.25, 0.3) is 0 Å². The summed E-state index contributed by atoms with van der Waals surface area (Å²) in [4.78, 5) is 14.6. The van der Waals surface area contributed by atoms with Crippen molar-refractivity contribution >= 4 is 5.91 Å². The van der Waals surface area contributed by atoms with Gasteiger partial charge in [-0.3, -0.25) is 4.79 Å².